The van der Waals surface area contributed by atoms with E-state index in [-0.39, 0.29) is 6.61 Å². The molecule has 0 bridgehead atoms. The Morgan fingerprint density at radius 1 is 1.43 bits per heavy atom. The molecule has 0 spiro atoms. The minimum atomic E-state index is -4.20. The molecule has 1 saturated carbocycles. The molecule has 0 aromatic rings. The van der Waals surface area contributed by atoms with E-state index in [1.165, 1.54) is 6.42 Å². The standard InChI is InChI=1S/C9H16F3NO/c1-7-4-8(7)5-13-2-3-14-6-9(10,11)12/h7-8,13H,2-6H2,1H3. The number of nitrogens with one attached hydrogen (secondary N) is 1. The van der Waals surface area contributed by atoms with E-state index in [1.54, 1.807) is 0 Å². The summed E-state index contributed by atoms with van der Waals surface area (Å²) >= 11 is 0. The monoisotopic (exact) mass is 211 g/mol. The molecule has 14 heavy (non-hydrogen) atoms. The summed E-state index contributed by atoms with van der Waals surface area (Å²) in [6.45, 7) is 2.55. The third kappa shape index (κ3) is 5.44. The predicted molar refractivity (Wildman–Crippen MR) is 47.0 cm³/mol. The lowest BCUT2D eigenvalue weighted by Gasteiger charge is -2.08. The summed E-state index contributed by atoms with van der Waals surface area (Å²) in [6, 6.07) is 0. The molecule has 0 heterocycles. The highest BCUT2D eigenvalue weighted by Gasteiger charge is 2.31. The summed E-state index contributed by atoms with van der Waals surface area (Å²) in [5.41, 5.74) is 0. The average molecular weight is 211 g/mol. The lowest BCUT2D eigenvalue weighted by molar-refractivity contribution is -0.173. The van der Waals surface area contributed by atoms with Crippen molar-refractivity contribution in [3.05, 3.63) is 0 Å². The first-order valence-corrected chi connectivity index (χ1v) is 4.84. The Hall–Kier alpha value is -0.290. The first-order valence-electron chi connectivity index (χ1n) is 4.84. The maximum atomic E-state index is 11.6. The third-order valence-electron chi connectivity index (χ3n) is 2.37. The zero-order valence-corrected chi connectivity index (χ0v) is 8.23. The highest BCUT2D eigenvalue weighted by atomic mass is 19.4. The Balaban J connectivity index is 1.80. The number of ether oxygens (including phenoxy) is 1. The molecule has 1 N–H and O–H groups in total. The van der Waals surface area contributed by atoms with Gasteiger partial charge in [-0.1, -0.05) is 6.92 Å². The van der Waals surface area contributed by atoms with E-state index in [9.17, 15) is 13.2 Å². The van der Waals surface area contributed by atoms with Crippen molar-refractivity contribution >= 4 is 0 Å². The van der Waals surface area contributed by atoms with E-state index in [0.29, 0.717) is 6.54 Å². The zero-order valence-electron chi connectivity index (χ0n) is 8.23. The van der Waals surface area contributed by atoms with Crippen LogP contribution in [-0.2, 0) is 4.74 Å². The van der Waals surface area contributed by atoms with E-state index in [0.717, 1.165) is 18.4 Å². The van der Waals surface area contributed by atoms with Gasteiger partial charge in [-0.05, 0) is 24.8 Å². The van der Waals surface area contributed by atoms with Gasteiger partial charge >= 0.3 is 6.18 Å². The summed E-state index contributed by atoms with van der Waals surface area (Å²) in [5, 5.41) is 3.07. The van der Waals surface area contributed by atoms with Crippen LogP contribution < -0.4 is 5.32 Å². The lowest BCUT2D eigenvalue weighted by atomic mass is 10.3. The molecule has 2 nitrogen and oxygen atoms in total. The van der Waals surface area contributed by atoms with Crippen molar-refractivity contribution in [2.45, 2.75) is 19.5 Å². The lowest BCUT2D eigenvalue weighted by Crippen LogP contribution is -2.25. The molecule has 0 aliphatic heterocycles. The van der Waals surface area contributed by atoms with Crippen molar-refractivity contribution in [3.63, 3.8) is 0 Å². The molecule has 2 unspecified atom stereocenters. The number of hydrogen-bond donors (Lipinski definition) is 1. The molecular weight excluding hydrogens is 195 g/mol. The Morgan fingerprint density at radius 2 is 2.07 bits per heavy atom. The van der Waals surface area contributed by atoms with Crippen LogP contribution in [0.2, 0.25) is 0 Å². The first kappa shape index (κ1) is 11.8. The minimum Gasteiger partial charge on any atom is -0.371 e. The molecule has 0 saturated heterocycles. The summed E-state index contributed by atoms with van der Waals surface area (Å²) in [6.07, 6.45) is -2.97. The fourth-order valence-corrected chi connectivity index (χ4v) is 1.30. The van der Waals surface area contributed by atoms with Gasteiger partial charge in [0.05, 0.1) is 6.61 Å². The zero-order chi connectivity index (χ0) is 10.6. The summed E-state index contributed by atoms with van der Waals surface area (Å²) in [5.74, 6) is 1.50. The number of hydrogen-bond acceptors (Lipinski definition) is 2. The second-order valence-corrected chi connectivity index (χ2v) is 3.84. The molecule has 0 radical (unpaired) electrons. The van der Waals surface area contributed by atoms with E-state index < -0.39 is 12.8 Å². The summed E-state index contributed by atoms with van der Waals surface area (Å²) in [7, 11) is 0. The maximum Gasteiger partial charge on any atom is 0.411 e. The van der Waals surface area contributed by atoms with Gasteiger partial charge in [-0.15, -0.1) is 0 Å². The Bertz CT molecular complexity index is 172. The van der Waals surface area contributed by atoms with Crippen molar-refractivity contribution in [2.24, 2.45) is 11.8 Å². The predicted octanol–water partition coefficient (Wildman–Crippen LogP) is 1.81. The van der Waals surface area contributed by atoms with Gasteiger partial charge in [0.2, 0.25) is 0 Å². The van der Waals surface area contributed by atoms with Crippen LogP contribution in [0.25, 0.3) is 0 Å². The molecule has 0 amide bonds. The second kappa shape index (κ2) is 4.98. The van der Waals surface area contributed by atoms with E-state index in [1.807, 2.05) is 0 Å². The van der Waals surface area contributed by atoms with E-state index in [2.05, 4.69) is 17.0 Å². The van der Waals surface area contributed by atoms with Crippen molar-refractivity contribution < 1.29 is 17.9 Å². The number of halogens is 3. The van der Waals surface area contributed by atoms with Crippen LogP contribution in [0.1, 0.15) is 13.3 Å². The molecule has 1 rings (SSSR count). The molecule has 84 valence electrons. The Labute approximate surface area is 81.8 Å². The molecule has 1 aliphatic rings. The minimum absolute atomic E-state index is 0.126. The Morgan fingerprint density at radius 3 is 2.57 bits per heavy atom. The van der Waals surface area contributed by atoms with E-state index in [4.69, 9.17) is 0 Å². The molecule has 5 heteroatoms. The smallest absolute Gasteiger partial charge is 0.371 e. The highest BCUT2D eigenvalue weighted by Crippen LogP contribution is 2.36. The fourth-order valence-electron chi connectivity index (χ4n) is 1.30. The number of rotatable bonds is 6. The molecule has 2 atom stereocenters. The molecule has 1 aliphatic carbocycles. The van der Waals surface area contributed by atoms with Gasteiger partial charge in [-0.25, -0.2) is 0 Å². The van der Waals surface area contributed by atoms with Crippen LogP contribution in [-0.4, -0.2) is 32.5 Å². The average Bonchev–Trinajstić information content (AvgIpc) is 2.72. The van der Waals surface area contributed by atoms with Crippen LogP contribution in [0.5, 0.6) is 0 Å². The molecule has 0 aromatic heterocycles. The molecular formula is C9H16F3NO. The van der Waals surface area contributed by atoms with Crippen LogP contribution in [0.15, 0.2) is 0 Å². The Kier molecular flexibility index (Phi) is 4.19. The van der Waals surface area contributed by atoms with Gasteiger partial charge < -0.3 is 10.1 Å². The van der Waals surface area contributed by atoms with E-state index >= 15 is 0 Å². The van der Waals surface area contributed by atoms with Crippen LogP contribution in [0, 0.1) is 11.8 Å². The topological polar surface area (TPSA) is 21.3 Å². The molecule has 0 aromatic carbocycles. The van der Waals surface area contributed by atoms with Gasteiger partial charge in [0.15, 0.2) is 0 Å². The molecule has 1 fully saturated rings. The van der Waals surface area contributed by atoms with Crippen LogP contribution >= 0.6 is 0 Å². The van der Waals surface area contributed by atoms with Crippen LogP contribution in [0.4, 0.5) is 13.2 Å². The largest absolute Gasteiger partial charge is 0.411 e. The highest BCUT2D eigenvalue weighted by molar-refractivity contribution is 4.83. The van der Waals surface area contributed by atoms with Crippen LogP contribution in [0.3, 0.4) is 0 Å². The first-order chi connectivity index (χ1) is 6.49. The van der Waals surface area contributed by atoms with Gasteiger partial charge in [-0.3, -0.25) is 0 Å². The SMILES string of the molecule is CC1CC1CNCCOCC(F)(F)F. The maximum absolute atomic E-state index is 11.6. The van der Waals surface area contributed by atoms with Gasteiger partial charge in [-0.2, -0.15) is 13.2 Å². The van der Waals surface area contributed by atoms with Crippen molar-refractivity contribution in [2.75, 3.05) is 26.3 Å². The third-order valence-corrected chi connectivity index (χ3v) is 2.37. The second-order valence-electron chi connectivity index (χ2n) is 3.84. The fraction of sp³-hybridized carbons (Fsp3) is 1.00. The summed E-state index contributed by atoms with van der Waals surface area (Å²) in [4.78, 5) is 0. The summed E-state index contributed by atoms with van der Waals surface area (Å²) < 4.78 is 39.3. The van der Waals surface area contributed by atoms with Gasteiger partial charge in [0, 0.05) is 6.54 Å². The normalized spacial score (nSPS) is 26.6. The van der Waals surface area contributed by atoms with Crippen molar-refractivity contribution in [1.82, 2.24) is 5.32 Å². The van der Waals surface area contributed by atoms with Gasteiger partial charge in [0.25, 0.3) is 0 Å². The quantitative estimate of drug-likeness (QED) is 0.676. The number of alkyl halides is 3. The van der Waals surface area contributed by atoms with Crippen molar-refractivity contribution in [3.8, 4) is 0 Å². The van der Waals surface area contributed by atoms with Gasteiger partial charge in [0.1, 0.15) is 6.61 Å². The van der Waals surface area contributed by atoms with Crippen molar-refractivity contribution in [1.29, 1.82) is 0 Å².